The number of esters is 1. The van der Waals surface area contributed by atoms with E-state index < -0.39 is 5.97 Å². The van der Waals surface area contributed by atoms with Crippen LogP contribution in [0.1, 0.15) is 23.1 Å². The SMILES string of the molecule is CCOC(=O)c1c(-c2ccccc2)cnc2cc(C)nn12. The number of hydrogen-bond acceptors (Lipinski definition) is 4. The van der Waals surface area contributed by atoms with E-state index in [2.05, 4.69) is 10.1 Å². The van der Waals surface area contributed by atoms with Crippen molar-refractivity contribution in [3.63, 3.8) is 0 Å². The van der Waals surface area contributed by atoms with Gasteiger partial charge in [0.25, 0.3) is 0 Å². The molecule has 0 amide bonds. The highest BCUT2D eigenvalue weighted by atomic mass is 16.5. The molecule has 106 valence electrons. The van der Waals surface area contributed by atoms with Gasteiger partial charge in [-0.05, 0) is 19.4 Å². The topological polar surface area (TPSA) is 56.5 Å². The second-order valence-corrected chi connectivity index (χ2v) is 4.66. The Bertz CT molecular complexity index is 794. The van der Waals surface area contributed by atoms with Crippen LogP contribution in [0.2, 0.25) is 0 Å². The molecule has 0 aliphatic rings. The number of rotatable bonds is 3. The van der Waals surface area contributed by atoms with Gasteiger partial charge in [0.05, 0.1) is 12.3 Å². The molecule has 0 fully saturated rings. The number of carbonyl (C=O) groups excluding carboxylic acids is 1. The van der Waals surface area contributed by atoms with Crippen molar-refractivity contribution in [2.45, 2.75) is 13.8 Å². The van der Waals surface area contributed by atoms with Crippen molar-refractivity contribution in [2.24, 2.45) is 0 Å². The minimum absolute atomic E-state index is 0.317. The van der Waals surface area contributed by atoms with Crippen LogP contribution in [0.3, 0.4) is 0 Å². The molecule has 0 atom stereocenters. The van der Waals surface area contributed by atoms with Crippen molar-refractivity contribution in [3.8, 4) is 11.1 Å². The lowest BCUT2D eigenvalue weighted by Crippen LogP contribution is -2.13. The zero-order valence-corrected chi connectivity index (χ0v) is 11.9. The normalized spacial score (nSPS) is 10.8. The van der Waals surface area contributed by atoms with Crippen molar-refractivity contribution in [1.82, 2.24) is 14.6 Å². The van der Waals surface area contributed by atoms with E-state index in [9.17, 15) is 4.79 Å². The van der Waals surface area contributed by atoms with Crippen LogP contribution in [0.25, 0.3) is 16.8 Å². The number of nitrogens with zero attached hydrogens (tertiary/aromatic N) is 3. The first-order valence-corrected chi connectivity index (χ1v) is 6.78. The molecule has 0 aliphatic carbocycles. The Morgan fingerprint density at radius 2 is 2.05 bits per heavy atom. The molecule has 0 saturated carbocycles. The highest BCUT2D eigenvalue weighted by molar-refractivity contribution is 5.96. The maximum atomic E-state index is 12.4. The van der Waals surface area contributed by atoms with Gasteiger partial charge >= 0.3 is 5.97 Å². The molecule has 0 unspecified atom stereocenters. The first-order chi connectivity index (χ1) is 10.2. The molecule has 0 bridgehead atoms. The van der Waals surface area contributed by atoms with Crippen molar-refractivity contribution >= 4 is 11.6 Å². The lowest BCUT2D eigenvalue weighted by Gasteiger charge is -2.10. The Morgan fingerprint density at radius 1 is 1.29 bits per heavy atom. The monoisotopic (exact) mass is 281 g/mol. The minimum atomic E-state index is -0.396. The second kappa shape index (κ2) is 5.36. The predicted molar refractivity (Wildman–Crippen MR) is 79.1 cm³/mol. The van der Waals surface area contributed by atoms with Crippen LogP contribution in [0.4, 0.5) is 0 Å². The molecule has 3 aromatic rings. The van der Waals surface area contributed by atoms with Crippen molar-refractivity contribution in [2.75, 3.05) is 6.61 Å². The molecule has 2 aromatic heterocycles. The van der Waals surface area contributed by atoms with E-state index in [1.54, 1.807) is 17.6 Å². The third-order valence-corrected chi connectivity index (χ3v) is 3.16. The lowest BCUT2D eigenvalue weighted by atomic mass is 10.1. The molecular formula is C16H15N3O2. The van der Waals surface area contributed by atoms with Gasteiger partial charge in [0, 0.05) is 17.8 Å². The Balaban J connectivity index is 2.28. The van der Waals surface area contributed by atoms with E-state index in [0.717, 1.165) is 11.3 Å². The van der Waals surface area contributed by atoms with Gasteiger partial charge in [0.1, 0.15) is 0 Å². The highest BCUT2D eigenvalue weighted by Crippen LogP contribution is 2.24. The lowest BCUT2D eigenvalue weighted by molar-refractivity contribution is 0.0517. The van der Waals surface area contributed by atoms with E-state index in [1.165, 1.54) is 0 Å². The van der Waals surface area contributed by atoms with Gasteiger partial charge in [0.15, 0.2) is 11.3 Å². The molecule has 0 N–H and O–H groups in total. The van der Waals surface area contributed by atoms with E-state index >= 15 is 0 Å². The summed E-state index contributed by atoms with van der Waals surface area (Å²) < 4.78 is 6.73. The fourth-order valence-electron chi connectivity index (χ4n) is 2.27. The fourth-order valence-corrected chi connectivity index (χ4v) is 2.27. The van der Waals surface area contributed by atoms with Gasteiger partial charge in [-0.3, -0.25) is 0 Å². The molecule has 0 spiro atoms. The van der Waals surface area contributed by atoms with E-state index in [-0.39, 0.29) is 0 Å². The maximum Gasteiger partial charge on any atom is 0.357 e. The third kappa shape index (κ3) is 2.38. The van der Waals surface area contributed by atoms with E-state index in [4.69, 9.17) is 4.74 Å². The van der Waals surface area contributed by atoms with Crippen molar-refractivity contribution in [1.29, 1.82) is 0 Å². The van der Waals surface area contributed by atoms with Gasteiger partial charge in [0.2, 0.25) is 0 Å². The summed E-state index contributed by atoms with van der Waals surface area (Å²) in [6.07, 6.45) is 1.69. The Morgan fingerprint density at radius 3 is 2.76 bits per heavy atom. The fraction of sp³-hybridized carbons (Fsp3) is 0.188. The van der Waals surface area contributed by atoms with Crippen LogP contribution < -0.4 is 0 Å². The first-order valence-electron chi connectivity index (χ1n) is 6.78. The number of hydrogen-bond donors (Lipinski definition) is 0. The number of aryl methyl sites for hydroxylation is 1. The minimum Gasteiger partial charge on any atom is -0.461 e. The van der Waals surface area contributed by atoms with Crippen LogP contribution in [-0.2, 0) is 4.74 Å². The molecule has 2 heterocycles. The quantitative estimate of drug-likeness (QED) is 0.693. The Kier molecular flexibility index (Phi) is 3.39. The number of ether oxygens (including phenoxy) is 1. The summed E-state index contributed by atoms with van der Waals surface area (Å²) in [5, 5.41) is 4.36. The van der Waals surface area contributed by atoms with E-state index in [0.29, 0.717) is 23.5 Å². The summed E-state index contributed by atoms with van der Waals surface area (Å²) in [7, 11) is 0. The van der Waals surface area contributed by atoms with Crippen LogP contribution in [-0.4, -0.2) is 27.2 Å². The molecule has 5 nitrogen and oxygen atoms in total. The largest absolute Gasteiger partial charge is 0.461 e. The average molecular weight is 281 g/mol. The summed E-state index contributed by atoms with van der Waals surface area (Å²) in [6, 6.07) is 11.5. The van der Waals surface area contributed by atoms with Gasteiger partial charge < -0.3 is 4.74 Å². The standard InChI is InChI=1S/C16H15N3O2/c1-3-21-16(20)15-13(12-7-5-4-6-8-12)10-17-14-9-11(2)18-19(14)15/h4-10H,3H2,1-2H3. The maximum absolute atomic E-state index is 12.4. The van der Waals surface area contributed by atoms with Crippen molar-refractivity contribution in [3.05, 3.63) is 54.0 Å². The van der Waals surface area contributed by atoms with Gasteiger partial charge in [-0.15, -0.1) is 0 Å². The van der Waals surface area contributed by atoms with Crippen LogP contribution >= 0.6 is 0 Å². The third-order valence-electron chi connectivity index (χ3n) is 3.16. The molecular weight excluding hydrogens is 266 g/mol. The molecule has 0 radical (unpaired) electrons. The summed E-state index contributed by atoms with van der Waals surface area (Å²) in [5.74, 6) is -0.396. The highest BCUT2D eigenvalue weighted by Gasteiger charge is 2.20. The summed E-state index contributed by atoms with van der Waals surface area (Å²) >= 11 is 0. The molecule has 0 aliphatic heterocycles. The predicted octanol–water partition coefficient (Wildman–Crippen LogP) is 2.88. The Hall–Kier alpha value is -2.69. The average Bonchev–Trinajstić information content (AvgIpc) is 2.87. The molecule has 5 heteroatoms. The van der Waals surface area contributed by atoms with Gasteiger partial charge in [-0.1, -0.05) is 30.3 Å². The molecule has 1 aromatic carbocycles. The molecule has 0 saturated heterocycles. The summed E-state index contributed by atoms with van der Waals surface area (Å²) in [6.45, 7) is 3.97. The van der Waals surface area contributed by atoms with Crippen molar-refractivity contribution < 1.29 is 9.53 Å². The molecule has 3 rings (SSSR count). The summed E-state index contributed by atoms with van der Waals surface area (Å²) in [5.41, 5.74) is 3.46. The van der Waals surface area contributed by atoms with Crippen LogP contribution in [0, 0.1) is 6.92 Å². The summed E-state index contributed by atoms with van der Waals surface area (Å²) in [4.78, 5) is 16.7. The van der Waals surface area contributed by atoms with Crippen LogP contribution in [0.15, 0.2) is 42.6 Å². The Labute approximate surface area is 122 Å². The second-order valence-electron chi connectivity index (χ2n) is 4.66. The van der Waals surface area contributed by atoms with Gasteiger partial charge in [-0.25, -0.2) is 14.3 Å². The van der Waals surface area contributed by atoms with Gasteiger partial charge in [-0.2, -0.15) is 5.10 Å². The zero-order valence-electron chi connectivity index (χ0n) is 11.9. The molecule has 21 heavy (non-hydrogen) atoms. The van der Waals surface area contributed by atoms with E-state index in [1.807, 2.05) is 43.3 Å². The zero-order chi connectivity index (χ0) is 14.8. The van der Waals surface area contributed by atoms with Crippen LogP contribution in [0.5, 0.6) is 0 Å². The number of aromatic nitrogens is 3. The smallest absolute Gasteiger partial charge is 0.357 e. The number of benzene rings is 1. The first kappa shape index (κ1) is 13.3. The number of carbonyl (C=O) groups is 1. The number of fused-ring (bicyclic) bond motifs is 1.